The third-order valence-corrected chi connectivity index (χ3v) is 6.38. The number of nitrogens with one attached hydrogen (secondary N) is 1. The van der Waals surface area contributed by atoms with Gasteiger partial charge in [-0.25, -0.2) is 0 Å². The van der Waals surface area contributed by atoms with Gasteiger partial charge in [0.15, 0.2) is 12.4 Å². The Morgan fingerprint density at radius 1 is 1.09 bits per heavy atom. The van der Waals surface area contributed by atoms with Crippen LogP contribution in [-0.4, -0.2) is 18.6 Å². The minimum absolute atomic E-state index is 0.00393. The van der Waals surface area contributed by atoms with Gasteiger partial charge in [0.1, 0.15) is 5.58 Å². The molecule has 0 unspecified atom stereocenters. The fraction of sp³-hybridized carbons (Fsp3) is 0.407. The van der Waals surface area contributed by atoms with Crippen LogP contribution in [0.1, 0.15) is 58.4 Å². The summed E-state index contributed by atoms with van der Waals surface area (Å²) in [7, 11) is 0. The third-order valence-electron chi connectivity index (χ3n) is 6.14. The number of hydrogen-bond acceptors (Lipinski definition) is 4. The summed E-state index contributed by atoms with van der Waals surface area (Å²) in [6.45, 7) is 6.17. The molecule has 1 fully saturated rings. The van der Waals surface area contributed by atoms with Crippen LogP contribution in [0.5, 0.6) is 5.75 Å². The fourth-order valence-electron chi connectivity index (χ4n) is 4.25. The highest BCUT2D eigenvalue weighted by Crippen LogP contribution is 2.33. The van der Waals surface area contributed by atoms with Crippen molar-refractivity contribution in [3.05, 3.63) is 63.3 Å². The van der Waals surface area contributed by atoms with Crippen molar-refractivity contribution in [2.24, 2.45) is 0 Å². The average Bonchev–Trinajstić information content (AvgIpc) is 2.79. The number of carbonyl (C=O) groups is 1. The van der Waals surface area contributed by atoms with E-state index >= 15 is 0 Å². The molecule has 3 aromatic rings. The van der Waals surface area contributed by atoms with Crippen molar-refractivity contribution in [3.63, 3.8) is 0 Å². The lowest BCUT2D eigenvalue weighted by molar-refractivity contribution is -0.124. The van der Waals surface area contributed by atoms with Crippen LogP contribution in [0, 0.1) is 0 Å². The first-order valence-corrected chi connectivity index (χ1v) is 11.9. The molecule has 174 valence electrons. The Bertz CT molecular complexity index is 1200. The first-order chi connectivity index (χ1) is 15.7. The molecule has 2 aromatic carbocycles. The van der Waals surface area contributed by atoms with Gasteiger partial charge in [0.25, 0.3) is 5.91 Å². The quantitative estimate of drug-likeness (QED) is 0.482. The molecule has 1 aliphatic rings. The number of rotatable bonds is 5. The maximum Gasteiger partial charge on any atom is 0.258 e. The van der Waals surface area contributed by atoms with Crippen LogP contribution in [0.15, 0.2) is 51.7 Å². The fourth-order valence-corrected chi connectivity index (χ4v) is 4.42. The third kappa shape index (κ3) is 5.41. The van der Waals surface area contributed by atoms with E-state index in [4.69, 9.17) is 20.8 Å². The molecular formula is C27H30ClNO4. The molecule has 1 aliphatic carbocycles. The first kappa shape index (κ1) is 23.4. The molecule has 5 nitrogen and oxygen atoms in total. The molecule has 0 saturated heterocycles. The number of benzene rings is 2. The Hall–Kier alpha value is -2.79. The van der Waals surface area contributed by atoms with Crippen LogP contribution < -0.4 is 15.5 Å². The van der Waals surface area contributed by atoms with Crippen molar-refractivity contribution in [3.8, 4) is 17.1 Å². The molecule has 1 heterocycles. The van der Waals surface area contributed by atoms with Crippen molar-refractivity contribution in [2.75, 3.05) is 6.61 Å². The summed E-state index contributed by atoms with van der Waals surface area (Å²) in [5.74, 6) is 0.0920. The maximum atomic E-state index is 13.3. The van der Waals surface area contributed by atoms with Crippen molar-refractivity contribution in [1.82, 2.24) is 5.32 Å². The Morgan fingerprint density at radius 2 is 1.79 bits per heavy atom. The van der Waals surface area contributed by atoms with E-state index in [1.54, 1.807) is 18.2 Å². The second-order valence-electron chi connectivity index (χ2n) is 9.75. The molecule has 0 bridgehead atoms. The maximum absolute atomic E-state index is 13.3. The van der Waals surface area contributed by atoms with E-state index in [0.29, 0.717) is 27.3 Å². The molecule has 0 radical (unpaired) electrons. The zero-order chi connectivity index (χ0) is 23.6. The van der Waals surface area contributed by atoms with E-state index in [0.717, 1.165) is 31.2 Å². The monoisotopic (exact) mass is 467 g/mol. The molecule has 33 heavy (non-hydrogen) atoms. The van der Waals surface area contributed by atoms with Crippen molar-refractivity contribution < 1.29 is 13.9 Å². The van der Waals surface area contributed by atoms with Crippen molar-refractivity contribution in [2.45, 2.75) is 64.3 Å². The van der Waals surface area contributed by atoms with Crippen LogP contribution in [0.25, 0.3) is 22.3 Å². The predicted molar refractivity (Wildman–Crippen MR) is 132 cm³/mol. The Morgan fingerprint density at radius 3 is 2.45 bits per heavy atom. The highest BCUT2D eigenvalue weighted by atomic mass is 35.5. The predicted octanol–water partition coefficient (Wildman–Crippen LogP) is 6.24. The molecule has 0 atom stereocenters. The van der Waals surface area contributed by atoms with Gasteiger partial charge in [-0.15, -0.1) is 0 Å². The Kier molecular flexibility index (Phi) is 6.80. The molecule has 6 heteroatoms. The van der Waals surface area contributed by atoms with Gasteiger partial charge in [-0.2, -0.15) is 0 Å². The van der Waals surface area contributed by atoms with Crippen LogP contribution in [0.2, 0.25) is 5.02 Å². The number of fused-ring (bicyclic) bond motifs is 1. The van der Waals surface area contributed by atoms with Gasteiger partial charge in [0.05, 0.1) is 5.39 Å². The van der Waals surface area contributed by atoms with Crippen LogP contribution >= 0.6 is 11.6 Å². The summed E-state index contributed by atoms with van der Waals surface area (Å²) in [6.07, 6.45) is 5.41. The molecule has 1 aromatic heterocycles. The summed E-state index contributed by atoms with van der Waals surface area (Å²) in [5, 5.41) is 3.77. The normalized spacial score (nSPS) is 14.9. The SMILES string of the molecule is CC(C)(C)c1ccc(-c2oc3ccc(Cl)cc3c(=O)c2OCC(=O)NC2CCCCC2)cc1. The topological polar surface area (TPSA) is 68.5 Å². The Balaban J connectivity index is 1.67. The van der Waals surface area contributed by atoms with Crippen LogP contribution in [-0.2, 0) is 10.2 Å². The second-order valence-corrected chi connectivity index (χ2v) is 10.2. The molecular weight excluding hydrogens is 438 g/mol. The summed E-state index contributed by atoms with van der Waals surface area (Å²) >= 11 is 6.11. The number of ether oxygens (including phenoxy) is 1. The van der Waals surface area contributed by atoms with Gasteiger partial charge < -0.3 is 14.5 Å². The summed E-state index contributed by atoms with van der Waals surface area (Å²) < 4.78 is 11.9. The highest BCUT2D eigenvalue weighted by Gasteiger charge is 2.22. The van der Waals surface area contributed by atoms with E-state index in [-0.39, 0.29) is 35.1 Å². The zero-order valence-electron chi connectivity index (χ0n) is 19.4. The van der Waals surface area contributed by atoms with E-state index in [9.17, 15) is 9.59 Å². The second kappa shape index (κ2) is 9.60. The largest absolute Gasteiger partial charge is 0.476 e. The lowest BCUT2D eigenvalue weighted by atomic mass is 9.86. The molecule has 4 rings (SSSR count). The molecule has 1 amide bonds. The summed E-state index contributed by atoms with van der Waals surface area (Å²) in [6, 6.07) is 12.9. The van der Waals surface area contributed by atoms with E-state index in [1.807, 2.05) is 24.3 Å². The van der Waals surface area contributed by atoms with Gasteiger partial charge in [-0.1, -0.05) is 75.9 Å². The molecule has 0 aliphatic heterocycles. The number of hydrogen-bond donors (Lipinski definition) is 1. The standard InChI is InChI=1S/C27H30ClNO4/c1-27(2,3)18-11-9-17(10-12-18)25-26(24(31)21-15-19(28)13-14-22(21)33-25)32-16-23(30)29-20-7-5-4-6-8-20/h9-15,20H,4-8,16H2,1-3H3,(H,29,30). The lowest BCUT2D eigenvalue weighted by Crippen LogP contribution is -2.39. The highest BCUT2D eigenvalue weighted by molar-refractivity contribution is 6.31. The van der Waals surface area contributed by atoms with Gasteiger partial charge in [0.2, 0.25) is 11.2 Å². The summed E-state index contributed by atoms with van der Waals surface area (Å²) in [5.41, 5.74) is 1.93. The average molecular weight is 468 g/mol. The van der Waals surface area contributed by atoms with Crippen molar-refractivity contribution in [1.29, 1.82) is 0 Å². The lowest BCUT2D eigenvalue weighted by Gasteiger charge is -2.22. The minimum Gasteiger partial charge on any atom is -0.476 e. The van der Waals surface area contributed by atoms with Crippen LogP contribution in [0.3, 0.4) is 0 Å². The van der Waals surface area contributed by atoms with Gasteiger partial charge in [-0.3, -0.25) is 9.59 Å². The molecule has 1 N–H and O–H groups in total. The minimum atomic E-state index is -0.348. The Labute approximate surface area is 199 Å². The number of carbonyl (C=O) groups excluding carboxylic acids is 1. The zero-order valence-corrected chi connectivity index (χ0v) is 20.1. The van der Waals surface area contributed by atoms with Gasteiger partial charge >= 0.3 is 0 Å². The number of halogens is 1. The van der Waals surface area contributed by atoms with Crippen LogP contribution in [0.4, 0.5) is 0 Å². The van der Waals surface area contributed by atoms with Gasteiger partial charge in [-0.05, 0) is 42.0 Å². The molecule has 0 spiro atoms. The van der Waals surface area contributed by atoms with E-state index in [1.165, 1.54) is 6.42 Å². The first-order valence-electron chi connectivity index (χ1n) is 11.5. The summed E-state index contributed by atoms with van der Waals surface area (Å²) in [4.78, 5) is 25.9. The van der Waals surface area contributed by atoms with Crippen molar-refractivity contribution >= 4 is 28.5 Å². The smallest absolute Gasteiger partial charge is 0.258 e. The van der Waals surface area contributed by atoms with E-state index in [2.05, 4.69) is 26.1 Å². The number of amides is 1. The molecule has 1 saturated carbocycles. The van der Waals surface area contributed by atoms with Gasteiger partial charge in [0, 0.05) is 16.6 Å². The van der Waals surface area contributed by atoms with E-state index < -0.39 is 0 Å².